The van der Waals surface area contributed by atoms with Gasteiger partial charge >= 0.3 is 11.8 Å². The number of hydrogen-bond donors (Lipinski definition) is 0. The summed E-state index contributed by atoms with van der Waals surface area (Å²) >= 11 is 0. The second-order valence-corrected chi connectivity index (χ2v) is 12.1. The van der Waals surface area contributed by atoms with Crippen LogP contribution in [-0.2, 0) is 23.8 Å². The Bertz CT molecular complexity index is 1320. The summed E-state index contributed by atoms with van der Waals surface area (Å²) in [6.45, 7) is 4.61. The fraction of sp³-hybridized carbons (Fsp3) is 0.600. The van der Waals surface area contributed by atoms with E-state index in [2.05, 4.69) is 19.9 Å². The van der Waals surface area contributed by atoms with Gasteiger partial charge in [0, 0.05) is 31.6 Å². The summed E-state index contributed by atoms with van der Waals surface area (Å²) < 4.78 is 36.4. The van der Waals surface area contributed by atoms with E-state index in [-0.39, 0.29) is 35.6 Å². The average Bonchev–Trinajstić information content (AvgIpc) is 3.15. The van der Waals surface area contributed by atoms with Crippen molar-refractivity contribution in [2.24, 2.45) is 28.6 Å². The minimum Gasteiger partial charge on any atom is -0.500 e. The first-order chi connectivity index (χ1) is 18.2. The lowest BCUT2D eigenvalue weighted by molar-refractivity contribution is -0.281. The Balaban J connectivity index is 1.41. The fourth-order valence-corrected chi connectivity index (χ4v) is 8.54. The Kier molecular flexibility index (Phi) is 4.79. The van der Waals surface area contributed by atoms with Crippen molar-refractivity contribution in [1.29, 1.82) is 0 Å². The van der Waals surface area contributed by atoms with E-state index in [4.69, 9.17) is 28.4 Å². The van der Waals surface area contributed by atoms with Crippen molar-refractivity contribution in [3.63, 3.8) is 0 Å². The molecule has 2 spiro atoms. The summed E-state index contributed by atoms with van der Waals surface area (Å²) in [7, 11) is 4.55. The number of ketones is 1. The number of rotatable bonds is 3. The first-order valence-corrected chi connectivity index (χ1v) is 13.5. The summed E-state index contributed by atoms with van der Waals surface area (Å²) in [5.74, 6) is -1.38. The van der Waals surface area contributed by atoms with Crippen molar-refractivity contribution in [1.82, 2.24) is 0 Å². The highest BCUT2D eigenvalue weighted by atomic mass is 16.7. The Morgan fingerprint density at radius 2 is 1.87 bits per heavy atom. The highest BCUT2D eigenvalue weighted by Gasteiger charge is 2.82. The molecule has 2 bridgehead atoms. The van der Waals surface area contributed by atoms with Gasteiger partial charge in [0.05, 0.1) is 25.6 Å². The topological polar surface area (TPSA) is 89.5 Å². The zero-order valence-corrected chi connectivity index (χ0v) is 22.5. The number of carbonyl (C=O) groups excluding carboxylic acids is 2. The van der Waals surface area contributed by atoms with E-state index < -0.39 is 22.7 Å². The monoisotopic (exact) mass is 522 g/mol. The van der Waals surface area contributed by atoms with Crippen LogP contribution in [0.15, 0.2) is 41.7 Å². The van der Waals surface area contributed by atoms with E-state index in [1.807, 2.05) is 0 Å². The molecular formula is C30H34O8. The van der Waals surface area contributed by atoms with Gasteiger partial charge in [-0.2, -0.15) is 0 Å². The summed E-state index contributed by atoms with van der Waals surface area (Å²) in [4.78, 5) is 28.7. The van der Waals surface area contributed by atoms with Gasteiger partial charge in [-0.3, -0.25) is 9.59 Å². The second kappa shape index (κ2) is 7.56. The third-order valence-corrected chi connectivity index (χ3v) is 10.7. The molecule has 1 unspecified atom stereocenters. The van der Waals surface area contributed by atoms with Gasteiger partial charge in [0.1, 0.15) is 17.6 Å². The standard InChI is InChI=1S/C30H34O8/c1-16-7-6-8-17-11-21-19(13-27(16,17)2)29(26(32)36-21)15-28-14-23(34-4)24(29)25(31)30(28,35-5)38-20-10-9-18(33-3)12-22(20)37-28/h9-12,14,16,19,21,24H,6-8,13,15H2,1-5H3/t16-,19-,21+,24-,27+,28?,29-,30-/m0/s1. The van der Waals surface area contributed by atoms with Crippen LogP contribution in [0.2, 0.25) is 0 Å². The van der Waals surface area contributed by atoms with E-state index >= 15 is 0 Å². The van der Waals surface area contributed by atoms with Crippen molar-refractivity contribution in [2.75, 3.05) is 21.3 Å². The molecule has 2 aliphatic heterocycles. The molecule has 1 saturated heterocycles. The normalized spacial score (nSPS) is 43.9. The maximum absolute atomic E-state index is 14.6. The van der Waals surface area contributed by atoms with Crippen molar-refractivity contribution in [2.45, 2.75) is 63.4 Å². The molecule has 0 radical (unpaired) electrons. The number of carbonyl (C=O) groups is 2. The zero-order chi connectivity index (χ0) is 26.7. The van der Waals surface area contributed by atoms with Gasteiger partial charge in [-0.05, 0) is 55.2 Å². The highest BCUT2D eigenvalue weighted by molar-refractivity contribution is 6.01. The number of benzene rings is 1. The molecule has 8 heteroatoms. The third-order valence-electron chi connectivity index (χ3n) is 10.7. The number of esters is 1. The molecule has 0 amide bonds. The first kappa shape index (κ1) is 24.1. The van der Waals surface area contributed by atoms with Crippen LogP contribution in [0, 0.1) is 28.6 Å². The molecule has 202 valence electrons. The number of hydrogen-bond acceptors (Lipinski definition) is 8. The maximum Gasteiger partial charge on any atom is 0.315 e. The fourth-order valence-electron chi connectivity index (χ4n) is 8.54. The van der Waals surface area contributed by atoms with Crippen LogP contribution in [0.4, 0.5) is 0 Å². The van der Waals surface area contributed by atoms with Gasteiger partial charge in [-0.15, -0.1) is 0 Å². The lowest BCUT2D eigenvalue weighted by Gasteiger charge is -2.61. The largest absolute Gasteiger partial charge is 0.500 e. The van der Waals surface area contributed by atoms with Gasteiger partial charge in [0.2, 0.25) is 11.4 Å². The minimum absolute atomic E-state index is 0.0585. The highest BCUT2D eigenvalue weighted by Crippen LogP contribution is 2.69. The molecule has 2 heterocycles. The van der Waals surface area contributed by atoms with Crippen molar-refractivity contribution >= 4 is 11.8 Å². The molecule has 3 fully saturated rings. The molecule has 2 saturated carbocycles. The predicted octanol–water partition coefficient (Wildman–Crippen LogP) is 4.37. The molecular weight excluding hydrogens is 488 g/mol. The summed E-state index contributed by atoms with van der Waals surface area (Å²) in [5, 5.41) is 0. The Morgan fingerprint density at radius 1 is 1.05 bits per heavy atom. The molecule has 1 aromatic rings. The first-order valence-electron chi connectivity index (χ1n) is 13.5. The van der Waals surface area contributed by atoms with E-state index in [9.17, 15) is 9.59 Å². The number of Topliss-reactive ketones (excluding diaryl/α,β-unsaturated/α-hetero) is 1. The number of methoxy groups -OCH3 is 3. The molecule has 8 rings (SSSR count). The second-order valence-electron chi connectivity index (χ2n) is 12.1. The van der Waals surface area contributed by atoms with Crippen molar-refractivity contribution in [3.8, 4) is 17.2 Å². The molecule has 5 aliphatic carbocycles. The van der Waals surface area contributed by atoms with Crippen LogP contribution >= 0.6 is 0 Å². The molecule has 8 nitrogen and oxygen atoms in total. The molecule has 7 aliphatic rings. The third kappa shape index (κ3) is 2.60. The van der Waals surface area contributed by atoms with Crippen LogP contribution in [0.3, 0.4) is 0 Å². The van der Waals surface area contributed by atoms with Crippen LogP contribution in [0.1, 0.15) is 46.0 Å². The Morgan fingerprint density at radius 3 is 2.61 bits per heavy atom. The van der Waals surface area contributed by atoms with E-state index in [1.54, 1.807) is 31.4 Å². The maximum atomic E-state index is 14.6. The van der Waals surface area contributed by atoms with Crippen molar-refractivity contribution < 1.29 is 38.0 Å². The number of allylic oxidation sites excluding steroid dienone is 2. The van der Waals surface area contributed by atoms with Crippen molar-refractivity contribution in [3.05, 3.63) is 41.7 Å². The average molecular weight is 523 g/mol. The van der Waals surface area contributed by atoms with Gasteiger partial charge in [-0.1, -0.05) is 19.4 Å². The number of ether oxygens (including phenoxy) is 6. The van der Waals surface area contributed by atoms with Crippen LogP contribution < -0.4 is 14.2 Å². The van der Waals surface area contributed by atoms with Crippen LogP contribution in [0.25, 0.3) is 0 Å². The summed E-state index contributed by atoms with van der Waals surface area (Å²) in [5.41, 5.74) is -1.28. The Hall–Kier alpha value is -3.00. The molecule has 8 atom stereocenters. The SMILES string of the molecule is COC1=CC23C[C@@]4(C(=O)O[C@@H]5C=C6CCC[C@H](C)[C@@]6(C)C[C@@H]54)[C@@H]1C(=O)[C@]2(OC)Oc1ccc(OC)cc1O3. The van der Waals surface area contributed by atoms with Gasteiger partial charge in [0.15, 0.2) is 11.5 Å². The van der Waals surface area contributed by atoms with E-state index in [0.717, 1.165) is 25.7 Å². The lowest BCUT2D eigenvalue weighted by atomic mass is 9.46. The van der Waals surface area contributed by atoms with E-state index in [0.29, 0.717) is 28.9 Å². The summed E-state index contributed by atoms with van der Waals surface area (Å²) in [6.07, 6.45) is 7.83. The van der Waals surface area contributed by atoms with Gasteiger partial charge < -0.3 is 28.4 Å². The van der Waals surface area contributed by atoms with Gasteiger partial charge in [-0.25, -0.2) is 0 Å². The van der Waals surface area contributed by atoms with E-state index in [1.165, 1.54) is 19.8 Å². The van der Waals surface area contributed by atoms with Crippen LogP contribution in [0.5, 0.6) is 17.2 Å². The molecule has 0 aromatic heterocycles. The lowest BCUT2D eigenvalue weighted by Crippen LogP contribution is -2.78. The molecule has 1 aromatic carbocycles. The summed E-state index contributed by atoms with van der Waals surface area (Å²) in [6, 6.07) is 5.16. The zero-order valence-electron chi connectivity index (χ0n) is 22.5. The smallest absolute Gasteiger partial charge is 0.315 e. The minimum atomic E-state index is -1.76. The predicted molar refractivity (Wildman–Crippen MR) is 135 cm³/mol. The number of fused-ring (bicyclic) bond motifs is 3. The van der Waals surface area contributed by atoms with Gasteiger partial charge in [0.25, 0.3) is 0 Å². The molecule has 0 N–H and O–H groups in total. The quantitative estimate of drug-likeness (QED) is 0.427. The Labute approximate surface area is 222 Å². The molecule has 38 heavy (non-hydrogen) atoms. The van der Waals surface area contributed by atoms with Crippen LogP contribution in [-0.4, -0.2) is 50.6 Å².